The lowest BCUT2D eigenvalue weighted by Crippen LogP contribution is -2.40. The van der Waals surface area contributed by atoms with Gasteiger partial charge in [0.2, 0.25) is 0 Å². The van der Waals surface area contributed by atoms with Crippen molar-refractivity contribution >= 4 is 0 Å². The molecule has 4 atom stereocenters. The van der Waals surface area contributed by atoms with E-state index in [2.05, 4.69) is 6.92 Å². The summed E-state index contributed by atoms with van der Waals surface area (Å²) in [7, 11) is 0. The molecule has 3 aliphatic carbocycles. The second-order valence-electron chi connectivity index (χ2n) is 8.32. The van der Waals surface area contributed by atoms with Gasteiger partial charge in [-0.2, -0.15) is 0 Å². The van der Waals surface area contributed by atoms with E-state index in [1.54, 1.807) is 5.92 Å². The molecule has 0 bridgehead atoms. The molecule has 3 fully saturated rings. The molecule has 0 N–H and O–H groups in total. The van der Waals surface area contributed by atoms with E-state index in [9.17, 15) is 8.78 Å². The summed E-state index contributed by atoms with van der Waals surface area (Å²) < 4.78 is 28.4. The first kappa shape index (κ1) is 16.7. The highest BCUT2D eigenvalue weighted by molar-refractivity contribution is 5.10. The van der Waals surface area contributed by atoms with Crippen LogP contribution < -0.4 is 0 Å². The molecule has 3 saturated carbocycles. The fraction of sp³-hybridized carbons (Fsp3) is 0.900. The summed E-state index contributed by atoms with van der Waals surface area (Å²) in [6, 6.07) is 0. The van der Waals surface area contributed by atoms with Crippen molar-refractivity contribution < 1.29 is 8.78 Å². The van der Waals surface area contributed by atoms with E-state index in [-0.39, 0.29) is 11.8 Å². The molecule has 0 amide bonds. The summed E-state index contributed by atoms with van der Waals surface area (Å²) in [5, 5.41) is 0. The average Bonchev–Trinajstić information content (AvgIpc) is 2.54. The Morgan fingerprint density at radius 3 is 1.91 bits per heavy atom. The maximum absolute atomic E-state index is 14.4. The second-order valence-corrected chi connectivity index (χ2v) is 8.32. The van der Waals surface area contributed by atoms with Gasteiger partial charge >= 0.3 is 0 Å². The van der Waals surface area contributed by atoms with E-state index in [1.807, 2.05) is 6.92 Å². The Hall–Kier alpha value is -0.140. The van der Waals surface area contributed by atoms with Crippen LogP contribution in [0.1, 0.15) is 78.1 Å². The predicted molar refractivity (Wildman–Crippen MR) is 87.8 cm³/mol. The van der Waals surface area contributed by atoms with Gasteiger partial charge in [-0.05, 0) is 86.9 Å². The van der Waals surface area contributed by atoms with Crippen LogP contribution in [0, 0.1) is 35.5 Å². The van der Waals surface area contributed by atoms with E-state index in [0.29, 0.717) is 0 Å². The maximum atomic E-state index is 14.4. The van der Waals surface area contributed by atoms with Crippen molar-refractivity contribution in [3.8, 4) is 0 Å². The molecule has 0 aliphatic heterocycles. The minimum atomic E-state index is -1.24. The molecule has 2 radical (unpaired) electrons. The Morgan fingerprint density at radius 1 is 0.682 bits per heavy atom. The predicted octanol–water partition coefficient (Wildman–Crippen LogP) is 6.26. The Bertz CT molecular complexity index is 340. The molecule has 0 saturated heterocycles. The first-order valence-corrected chi connectivity index (χ1v) is 9.53. The zero-order valence-corrected chi connectivity index (χ0v) is 14.3. The lowest BCUT2D eigenvalue weighted by Gasteiger charge is -2.42. The molecule has 0 spiro atoms. The standard InChI is InChI=1S/C20H32F2/c1-13-3-6-15(7-4-13)16-8-10-17(11-9-16)18-12-5-14(2)19(21)20(18)22/h13-14,16,18-20H,3-12H2,1-2H3. The molecule has 22 heavy (non-hydrogen) atoms. The summed E-state index contributed by atoms with van der Waals surface area (Å²) in [5.41, 5.74) is 0. The maximum Gasteiger partial charge on any atom is 0.135 e. The lowest BCUT2D eigenvalue weighted by atomic mass is 9.64. The van der Waals surface area contributed by atoms with Gasteiger partial charge in [0.15, 0.2) is 0 Å². The van der Waals surface area contributed by atoms with Crippen LogP contribution >= 0.6 is 0 Å². The highest BCUT2D eigenvalue weighted by atomic mass is 19.2. The first-order valence-electron chi connectivity index (χ1n) is 9.53. The average molecular weight is 310 g/mol. The van der Waals surface area contributed by atoms with E-state index in [0.717, 1.165) is 37.5 Å². The number of halogens is 2. The van der Waals surface area contributed by atoms with Crippen LogP contribution in [0.15, 0.2) is 0 Å². The van der Waals surface area contributed by atoms with E-state index in [1.165, 1.54) is 44.4 Å². The highest BCUT2D eigenvalue weighted by Gasteiger charge is 2.43. The minimum absolute atomic E-state index is 0.0801. The van der Waals surface area contributed by atoms with Crippen LogP contribution in [0.4, 0.5) is 8.78 Å². The molecule has 2 heteroatoms. The smallest absolute Gasteiger partial charge is 0.135 e. The summed E-state index contributed by atoms with van der Waals surface area (Å²) in [6.45, 7) is 4.22. The van der Waals surface area contributed by atoms with E-state index < -0.39 is 12.3 Å². The Kier molecular flexibility index (Phi) is 5.45. The summed E-state index contributed by atoms with van der Waals surface area (Å²) >= 11 is 0. The SMILES string of the molecule is CC1CC[C](C2CC[C](C3CCC(C)C(F)C3F)CC2)CC1. The zero-order valence-electron chi connectivity index (χ0n) is 14.3. The Morgan fingerprint density at radius 2 is 1.27 bits per heavy atom. The van der Waals surface area contributed by atoms with Crippen LogP contribution in [-0.2, 0) is 0 Å². The minimum Gasteiger partial charge on any atom is -0.244 e. The summed E-state index contributed by atoms with van der Waals surface area (Å²) in [5.74, 6) is 4.63. The molecule has 3 rings (SSSR count). The van der Waals surface area contributed by atoms with E-state index in [4.69, 9.17) is 0 Å². The Labute approximate surface area is 135 Å². The van der Waals surface area contributed by atoms with Crippen molar-refractivity contribution in [3.63, 3.8) is 0 Å². The fourth-order valence-electron chi connectivity index (χ4n) is 5.03. The molecule has 0 aromatic rings. The number of hydrogen-bond donors (Lipinski definition) is 0. The number of alkyl halides is 2. The van der Waals surface area contributed by atoms with Crippen molar-refractivity contribution in [1.29, 1.82) is 0 Å². The third-order valence-corrected chi connectivity index (χ3v) is 6.81. The molecule has 0 aromatic heterocycles. The molecular weight excluding hydrogens is 278 g/mol. The van der Waals surface area contributed by atoms with Crippen molar-refractivity contribution in [2.45, 2.75) is 90.4 Å². The topological polar surface area (TPSA) is 0 Å². The summed E-state index contributed by atoms with van der Waals surface area (Å²) in [6.07, 6.45) is 9.12. The van der Waals surface area contributed by atoms with Crippen molar-refractivity contribution in [2.75, 3.05) is 0 Å². The van der Waals surface area contributed by atoms with E-state index >= 15 is 0 Å². The number of hydrogen-bond acceptors (Lipinski definition) is 0. The quantitative estimate of drug-likeness (QED) is 0.565. The normalized spacial score (nSPS) is 40.9. The highest BCUT2D eigenvalue weighted by Crippen LogP contribution is 2.48. The van der Waals surface area contributed by atoms with Crippen molar-refractivity contribution in [3.05, 3.63) is 11.8 Å². The van der Waals surface area contributed by atoms with Crippen LogP contribution in [-0.4, -0.2) is 12.3 Å². The van der Waals surface area contributed by atoms with Crippen LogP contribution in [0.2, 0.25) is 0 Å². The van der Waals surface area contributed by atoms with Gasteiger partial charge in [-0.1, -0.05) is 26.7 Å². The molecule has 3 aliphatic rings. The molecule has 126 valence electrons. The van der Waals surface area contributed by atoms with Gasteiger partial charge in [0.1, 0.15) is 12.3 Å². The van der Waals surface area contributed by atoms with Crippen LogP contribution in [0.3, 0.4) is 0 Å². The van der Waals surface area contributed by atoms with Crippen molar-refractivity contribution in [1.82, 2.24) is 0 Å². The molecule has 0 heterocycles. The lowest BCUT2D eigenvalue weighted by molar-refractivity contribution is 0.0287. The van der Waals surface area contributed by atoms with Gasteiger partial charge in [-0.25, -0.2) is 8.78 Å². The largest absolute Gasteiger partial charge is 0.244 e. The third-order valence-electron chi connectivity index (χ3n) is 6.81. The molecule has 0 aromatic carbocycles. The summed E-state index contributed by atoms with van der Waals surface area (Å²) in [4.78, 5) is 0. The van der Waals surface area contributed by atoms with Crippen LogP contribution in [0.25, 0.3) is 0 Å². The van der Waals surface area contributed by atoms with Gasteiger partial charge in [-0.3, -0.25) is 0 Å². The fourth-order valence-corrected chi connectivity index (χ4v) is 5.03. The number of rotatable bonds is 2. The molecule has 4 unspecified atom stereocenters. The Balaban J connectivity index is 1.49. The van der Waals surface area contributed by atoms with Gasteiger partial charge < -0.3 is 0 Å². The molecular formula is C20H32F2. The van der Waals surface area contributed by atoms with Gasteiger partial charge in [0.05, 0.1) is 0 Å². The van der Waals surface area contributed by atoms with Gasteiger partial charge in [0.25, 0.3) is 0 Å². The van der Waals surface area contributed by atoms with Crippen LogP contribution in [0.5, 0.6) is 0 Å². The third kappa shape index (κ3) is 3.51. The van der Waals surface area contributed by atoms with Gasteiger partial charge in [0, 0.05) is 0 Å². The second kappa shape index (κ2) is 7.18. The van der Waals surface area contributed by atoms with Crippen molar-refractivity contribution in [2.24, 2.45) is 23.7 Å². The first-order chi connectivity index (χ1) is 10.6. The molecule has 0 nitrogen and oxygen atoms in total. The monoisotopic (exact) mass is 310 g/mol. The van der Waals surface area contributed by atoms with Gasteiger partial charge in [-0.15, -0.1) is 0 Å². The zero-order chi connectivity index (χ0) is 15.7.